The molecule has 0 saturated heterocycles. The van der Waals surface area contributed by atoms with Gasteiger partial charge in [-0.25, -0.2) is 4.79 Å². The Labute approximate surface area is 90.8 Å². The summed E-state index contributed by atoms with van der Waals surface area (Å²) in [5.41, 5.74) is 1.45. The second-order valence-electron chi connectivity index (χ2n) is 4.21. The van der Waals surface area contributed by atoms with Crippen molar-refractivity contribution in [3.63, 3.8) is 0 Å². The van der Waals surface area contributed by atoms with Gasteiger partial charge < -0.3 is 9.47 Å². The van der Waals surface area contributed by atoms with Crippen molar-refractivity contribution in [2.24, 2.45) is 0 Å². The van der Waals surface area contributed by atoms with Crippen LogP contribution >= 0.6 is 0 Å². The van der Waals surface area contributed by atoms with Crippen molar-refractivity contribution in [2.45, 2.75) is 39.2 Å². The van der Waals surface area contributed by atoms with Gasteiger partial charge in [-0.3, -0.25) is 0 Å². The number of carbonyl (C=O) groups is 1. The molecule has 3 nitrogen and oxygen atoms in total. The first-order valence-electron chi connectivity index (χ1n) is 5.08. The minimum absolute atomic E-state index is 0.300. The summed E-state index contributed by atoms with van der Waals surface area (Å²) in [5.74, 6) is -0.300. The van der Waals surface area contributed by atoms with Crippen LogP contribution in [-0.2, 0) is 14.3 Å². The summed E-state index contributed by atoms with van der Waals surface area (Å²) in [6.07, 6.45) is 5.50. The number of rotatable bonds is 2. The summed E-state index contributed by atoms with van der Waals surface area (Å²) < 4.78 is 10.2. The Morgan fingerprint density at radius 1 is 1.67 bits per heavy atom. The van der Waals surface area contributed by atoms with Gasteiger partial charge in [-0.05, 0) is 45.3 Å². The molecule has 0 amide bonds. The summed E-state index contributed by atoms with van der Waals surface area (Å²) in [6, 6.07) is 0. The maximum absolute atomic E-state index is 11.2. The fourth-order valence-corrected chi connectivity index (χ4v) is 1.58. The minimum atomic E-state index is -0.377. The SMILES string of the molecule is COC(=O)/C(C)=C/C1(C)CCC(C)=CO1. The van der Waals surface area contributed by atoms with Crippen LogP contribution in [0.1, 0.15) is 33.6 Å². The first-order valence-corrected chi connectivity index (χ1v) is 5.08. The van der Waals surface area contributed by atoms with Crippen LogP contribution in [0.2, 0.25) is 0 Å². The van der Waals surface area contributed by atoms with E-state index in [1.165, 1.54) is 12.7 Å². The van der Waals surface area contributed by atoms with Crippen molar-refractivity contribution < 1.29 is 14.3 Å². The van der Waals surface area contributed by atoms with Crippen LogP contribution < -0.4 is 0 Å². The molecule has 0 spiro atoms. The number of allylic oxidation sites excluding steroid dienone is 1. The predicted octanol–water partition coefficient (Wildman–Crippen LogP) is 2.58. The Bertz CT molecular complexity index is 315. The van der Waals surface area contributed by atoms with Gasteiger partial charge >= 0.3 is 5.97 Å². The average molecular weight is 210 g/mol. The van der Waals surface area contributed by atoms with E-state index in [1.807, 2.05) is 19.9 Å². The van der Waals surface area contributed by atoms with Crippen LogP contribution in [-0.4, -0.2) is 18.7 Å². The van der Waals surface area contributed by atoms with Crippen LogP contribution in [0.4, 0.5) is 0 Å². The molecule has 1 atom stereocenters. The molecule has 0 fully saturated rings. The molecule has 0 N–H and O–H groups in total. The molecule has 15 heavy (non-hydrogen) atoms. The van der Waals surface area contributed by atoms with Gasteiger partial charge in [0.1, 0.15) is 5.60 Å². The van der Waals surface area contributed by atoms with E-state index in [0.717, 1.165) is 12.8 Å². The van der Waals surface area contributed by atoms with Gasteiger partial charge in [-0.1, -0.05) is 0 Å². The maximum Gasteiger partial charge on any atom is 0.333 e. The predicted molar refractivity (Wildman–Crippen MR) is 58.3 cm³/mol. The Kier molecular flexibility index (Phi) is 3.56. The molecule has 0 aliphatic carbocycles. The molecular formula is C12H18O3. The third kappa shape index (κ3) is 3.11. The van der Waals surface area contributed by atoms with E-state index in [2.05, 4.69) is 4.74 Å². The fourth-order valence-electron chi connectivity index (χ4n) is 1.58. The Morgan fingerprint density at radius 2 is 2.33 bits per heavy atom. The van der Waals surface area contributed by atoms with Gasteiger partial charge in [0.25, 0.3) is 0 Å². The highest BCUT2D eigenvalue weighted by molar-refractivity contribution is 5.87. The molecule has 1 aliphatic heterocycles. The maximum atomic E-state index is 11.2. The molecule has 0 radical (unpaired) electrons. The number of hydrogen-bond acceptors (Lipinski definition) is 3. The lowest BCUT2D eigenvalue weighted by molar-refractivity contribution is -0.136. The molecule has 0 aromatic rings. The Hall–Kier alpha value is -1.25. The molecular weight excluding hydrogens is 192 g/mol. The molecule has 1 aliphatic rings. The highest BCUT2D eigenvalue weighted by Crippen LogP contribution is 2.28. The van der Waals surface area contributed by atoms with Gasteiger partial charge in [0.05, 0.1) is 13.4 Å². The van der Waals surface area contributed by atoms with Crippen LogP contribution in [0.25, 0.3) is 0 Å². The standard InChI is InChI=1S/C12H18O3/c1-9-5-6-12(3,15-8-9)7-10(2)11(13)14-4/h7-8H,5-6H2,1-4H3/b10-7+. The second-order valence-corrected chi connectivity index (χ2v) is 4.21. The van der Waals surface area contributed by atoms with Gasteiger partial charge in [0, 0.05) is 5.57 Å². The topological polar surface area (TPSA) is 35.5 Å². The Balaban J connectivity index is 2.76. The number of carbonyl (C=O) groups excluding carboxylic acids is 1. The van der Waals surface area contributed by atoms with E-state index in [0.29, 0.717) is 5.57 Å². The average Bonchev–Trinajstić information content (AvgIpc) is 2.21. The van der Waals surface area contributed by atoms with Crippen LogP contribution in [0, 0.1) is 0 Å². The van der Waals surface area contributed by atoms with Crippen molar-refractivity contribution in [3.05, 3.63) is 23.5 Å². The van der Waals surface area contributed by atoms with Crippen molar-refractivity contribution >= 4 is 5.97 Å². The van der Waals surface area contributed by atoms with Crippen LogP contribution in [0.15, 0.2) is 23.5 Å². The summed E-state index contributed by atoms with van der Waals surface area (Å²) in [5, 5.41) is 0. The van der Waals surface area contributed by atoms with Gasteiger partial charge in [-0.15, -0.1) is 0 Å². The quantitative estimate of drug-likeness (QED) is 0.519. The smallest absolute Gasteiger partial charge is 0.333 e. The zero-order valence-electron chi connectivity index (χ0n) is 9.79. The lowest BCUT2D eigenvalue weighted by Crippen LogP contribution is -2.28. The molecule has 1 heterocycles. The van der Waals surface area contributed by atoms with Crippen molar-refractivity contribution in [1.29, 1.82) is 0 Å². The molecule has 1 rings (SSSR count). The van der Waals surface area contributed by atoms with Crippen LogP contribution in [0.3, 0.4) is 0 Å². The van der Waals surface area contributed by atoms with Crippen molar-refractivity contribution in [3.8, 4) is 0 Å². The normalized spacial score (nSPS) is 26.7. The first-order chi connectivity index (χ1) is 6.97. The molecule has 0 bridgehead atoms. The number of ether oxygens (including phenoxy) is 2. The van der Waals surface area contributed by atoms with E-state index >= 15 is 0 Å². The van der Waals surface area contributed by atoms with E-state index in [4.69, 9.17) is 4.74 Å². The monoisotopic (exact) mass is 210 g/mol. The molecule has 84 valence electrons. The molecule has 0 aromatic carbocycles. The minimum Gasteiger partial charge on any atom is -0.491 e. The Morgan fingerprint density at radius 3 is 2.80 bits per heavy atom. The van der Waals surface area contributed by atoms with Gasteiger partial charge in [0.2, 0.25) is 0 Å². The largest absolute Gasteiger partial charge is 0.491 e. The third-order valence-electron chi connectivity index (χ3n) is 2.57. The second kappa shape index (κ2) is 4.51. The summed E-state index contributed by atoms with van der Waals surface area (Å²) in [7, 11) is 1.38. The molecule has 1 unspecified atom stereocenters. The van der Waals surface area contributed by atoms with E-state index in [1.54, 1.807) is 13.2 Å². The highest BCUT2D eigenvalue weighted by atomic mass is 16.5. The lowest BCUT2D eigenvalue weighted by Gasteiger charge is -2.30. The number of hydrogen-bond donors (Lipinski definition) is 0. The van der Waals surface area contributed by atoms with Crippen LogP contribution in [0.5, 0.6) is 0 Å². The first kappa shape index (κ1) is 11.8. The van der Waals surface area contributed by atoms with E-state index < -0.39 is 0 Å². The van der Waals surface area contributed by atoms with Gasteiger partial charge in [-0.2, -0.15) is 0 Å². The number of esters is 1. The lowest BCUT2D eigenvalue weighted by atomic mass is 9.93. The van der Waals surface area contributed by atoms with Crippen molar-refractivity contribution in [2.75, 3.05) is 7.11 Å². The molecule has 0 aromatic heterocycles. The summed E-state index contributed by atoms with van der Waals surface area (Å²) >= 11 is 0. The zero-order chi connectivity index (χ0) is 11.5. The third-order valence-corrected chi connectivity index (χ3v) is 2.57. The summed E-state index contributed by atoms with van der Waals surface area (Å²) in [6.45, 7) is 5.75. The highest BCUT2D eigenvalue weighted by Gasteiger charge is 2.26. The van der Waals surface area contributed by atoms with Crippen molar-refractivity contribution in [1.82, 2.24) is 0 Å². The summed E-state index contributed by atoms with van der Waals surface area (Å²) in [4.78, 5) is 11.2. The zero-order valence-corrected chi connectivity index (χ0v) is 9.79. The van der Waals surface area contributed by atoms with E-state index in [-0.39, 0.29) is 11.6 Å². The molecule has 0 saturated carbocycles. The van der Waals surface area contributed by atoms with E-state index in [9.17, 15) is 4.79 Å². The van der Waals surface area contributed by atoms with Gasteiger partial charge in [0.15, 0.2) is 0 Å². The molecule has 3 heteroatoms. The number of methoxy groups -OCH3 is 1. The fraction of sp³-hybridized carbons (Fsp3) is 0.583.